The van der Waals surface area contributed by atoms with Crippen molar-refractivity contribution < 1.29 is 15.0 Å². The van der Waals surface area contributed by atoms with Crippen molar-refractivity contribution >= 4 is 23.3 Å². The molecule has 6 heteroatoms. The number of nitrogens with one attached hydrogen (secondary N) is 2. The van der Waals surface area contributed by atoms with Crippen LogP contribution in [0.3, 0.4) is 0 Å². The number of phenolic OH excluding ortho intramolecular Hbond substituents is 2. The molecule has 2 aromatic carbocycles. The van der Waals surface area contributed by atoms with Crippen molar-refractivity contribution in [1.82, 2.24) is 5.32 Å². The first kappa shape index (κ1) is 16.0. The Hall–Kier alpha value is -2.40. The summed E-state index contributed by atoms with van der Waals surface area (Å²) in [6, 6.07) is 9.50. The van der Waals surface area contributed by atoms with Gasteiger partial charge in [0.1, 0.15) is 0 Å². The van der Waals surface area contributed by atoms with Gasteiger partial charge < -0.3 is 20.8 Å². The summed E-state index contributed by atoms with van der Waals surface area (Å²) in [5, 5.41) is 24.9. The van der Waals surface area contributed by atoms with E-state index in [-0.39, 0.29) is 17.5 Å². The highest BCUT2D eigenvalue weighted by molar-refractivity contribution is 6.30. The summed E-state index contributed by atoms with van der Waals surface area (Å²) in [6.07, 6.45) is 0.549. The number of anilines is 1. The number of amides is 2. The van der Waals surface area contributed by atoms with E-state index in [1.807, 2.05) is 6.92 Å². The van der Waals surface area contributed by atoms with Crippen LogP contribution in [0, 0.1) is 6.92 Å². The zero-order chi connectivity index (χ0) is 16.1. The van der Waals surface area contributed by atoms with Crippen LogP contribution in [0.4, 0.5) is 10.5 Å². The predicted octanol–water partition coefficient (Wildman–Crippen LogP) is 3.42. The van der Waals surface area contributed by atoms with Crippen molar-refractivity contribution in [1.29, 1.82) is 0 Å². The summed E-state index contributed by atoms with van der Waals surface area (Å²) in [4.78, 5) is 11.7. The quantitative estimate of drug-likeness (QED) is 0.651. The minimum atomic E-state index is -0.317. The van der Waals surface area contributed by atoms with Gasteiger partial charge in [0.2, 0.25) is 0 Å². The number of phenols is 2. The maximum Gasteiger partial charge on any atom is 0.319 e. The van der Waals surface area contributed by atoms with Crippen LogP contribution in [0.1, 0.15) is 11.1 Å². The number of rotatable bonds is 4. The topological polar surface area (TPSA) is 81.6 Å². The van der Waals surface area contributed by atoms with Gasteiger partial charge in [-0.25, -0.2) is 4.79 Å². The number of hydrogen-bond donors (Lipinski definition) is 4. The Morgan fingerprint density at radius 1 is 1.14 bits per heavy atom. The van der Waals surface area contributed by atoms with Crippen LogP contribution in [-0.4, -0.2) is 22.8 Å². The van der Waals surface area contributed by atoms with Gasteiger partial charge >= 0.3 is 6.03 Å². The molecule has 0 bridgehead atoms. The number of hydrogen-bond acceptors (Lipinski definition) is 3. The Kier molecular flexibility index (Phi) is 5.12. The second-order valence-electron chi connectivity index (χ2n) is 4.91. The molecule has 2 aromatic rings. The summed E-state index contributed by atoms with van der Waals surface area (Å²) in [7, 11) is 0. The molecule has 0 heterocycles. The standard InChI is InChI=1S/C16H17ClN2O3/c1-10-8-14(20)15(21)9-11(10)6-7-18-16(22)19-13-4-2-12(17)3-5-13/h2-5,8-9,20-21H,6-7H2,1H3,(H2,18,19,22). The third-order valence-electron chi connectivity index (χ3n) is 3.22. The van der Waals surface area contributed by atoms with Crippen molar-refractivity contribution in [3.8, 4) is 11.5 Å². The average Bonchev–Trinajstić information content (AvgIpc) is 2.47. The maximum absolute atomic E-state index is 11.7. The molecule has 0 atom stereocenters. The Morgan fingerprint density at radius 2 is 1.77 bits per heavy atom. The number of aryl methyl sites for hydroxylation is 1. The molecule has 22 heavy (non-hydrogen) atoms. The monoisotopic (exact) mass is 320 g/mol. The van der Waals surface area contributed by atoms with E-state index in [1.165, 1.54) is 12.1 Å². The molecule has 0 aliphatic carbocycles. The lowest BCUT2D eigenvalue weighted by Gasteiger charge is -2.10. The van der Waals surface area contributed by atoms with E-state index in [1.54, 1.807) is 24.3 Å². The fourth-order valence-electron chi connectivity index (χ4n) is 2.01. The van der Waals surface area contributed by atoms with Gasteiger partial charge in [0.05, 0.1) is 0 Å². The molecule has 4 N–H and O–H groups in total. The van der Waals surface area contributed by atoms with E-state index < -0.39 is 0 Å². The van der Waals surface area contributed by atoms with Gasteiger partial charge in [0.15, 0.2) is 11.5 Å². The second kappa shape index (κ2) is 7.04. The van der Waals surface area contributed by atoms with Crippen LogP contribution in [0.25, 0.3) is 0 Å². The van der Waals surface area contributed by atoms with Crippen molar-refractivity contribution in [3.63, 3.8) is 0 Å². The van der Waals surface area contributed by atoms with Crippen LogP contribution < -0.4 is 10.6 Å². The number of halogens is 1. The van der Waals surface area contributed by atoms with Gasteiger partial charge in [0.25, 0.3) is 0 Å². The highest BCUT2D eigenvalue weighted by atomic mass is 35.5. The molecule has 0 spiro atoms. The fraction of sp³-hybridized carbons (Fsp3) is 0.188. The third kappa shape index (κ3) is 4.30. The lowest BCUT2D eigenvalue weighted by atomic mass is 10.0. The molecular weight excluding hydrogens is 304 g/mol. The molecule has 0 radical (unpaired) electrons. The summed E-state index contributed by atoms with van der Waals surface area (Å²) < 4.78 is 0. The van der Waals surface area contributed by atoms with Gasteiger partial charge in [0, 0.05) is 17.3 Å². The third-order valence-corrected chi connectivity index (χ3v) is 3.47. The minimum absolute atomic E-state index is 0.144. The summed E-state index contributed by atoms with van der Waals surface area (Å²) in [6.45, 7) is 2.24. The summed E-state index contributed by atoms with van der Waals surface area (Å²) >= 11 is 5.77. The smallest absolute Gasteiger partial charge is 0.319 e. The molecule has 0 aliphatic heterocycles. The molecule has 0 unspecified atom stereocenters. The zero-order valence-corrected chi connectivity index (χ0v) is 12.8. The molecule has 0 saturated carbocycles. The first-order valence-electron chi connectivity index (χ1n) is 6.77. The number of urea groups is 1. The van der Waals surface area contributed by atoms with Crippen LogP contribution in [0.5, 0.6) is 11.5 Å². The zero-order valence-electron chi connectivity index (χ0n) is 12.1. The molecule has 0 aliphatic rings. The van der Waals surface area contributed by atoms with Crippen LogP contribution >= 0.6 is 11.6 Å². The minimum Gasteiger partial charge on any atom is -0.504 e. The molecule has 0 fully saturated rings. The van der Waals surface area contributed by atoms with Crippen molar-refractivity contribution in [2.75, 3.05) is 11.9 Å². The highest BCUT2D eigenvalue weighted by Crippen LogP contribution is 2.28. The average molecular weight is 321 g/mol. The number of benzene rings is 2. The highest BCUT2D eigenvalue weighted by Gasteiger charge is 2.06. The van der Waals surface area contributed by atoms with Gasteiger partial charge in [-0.3, -0.25) is 0 Å². The van der Waals surface area contributed by atoms with E-state index in [0.29, 0.717) is 23.7 Å². The Bertz CT molecular complexity index is 672. The molecular formula is C16H17ClN2O3. The van der Waals surface area contributed by atoms with Gasteiger partial charge in [-0.2, -0.15) is 0 Å². The summed E-state index contributed by atoms with van der Waals surface area (Å²) in [5.74, 6) is -0.305. The SMILES string of the molecule is Cc1cc(O)c(O)cc1CCNC(=O)Nc1ccc(Cl)cc1. The molecule has 0 saturated heterocycles. The van der Waals surface area contributed by atoms with Crippen molar-refractivity contribution in [2.24, 2.45) is 0 Å². The Morgan fingerprint density at radius 3 is 2.45 bits per heavy atom. The van der Waals surface area contributed by atoms with Crippen LogP contribution in [-0.2, 0) is 6.42 Å². The molecule has 2 amide bonds. The van der Waals surface area contributed by atoms with Crippen LogP contribution in [0.2, 0.25) is 5.02 Å². The van der Waals surface area contributed by atoms with Crippen molar-refractivity contribution in [2.45, 2.75) is 13.3 Å². The first-order chi connectivity index (χ1) is 10.5. The van der Waals surface area contributed by atoms with Gasteiger partial charge in [-0.05, 0) is 60.9 Å². The molecule has 0 aromatic heterocycles. The Balaban J connectivity index is 1.84. The normalized spacial score (nSPS) is 10.3. The predicted molar refractivity (Wildman–Crippen MR) is 86.7 cm³/mol. The van der Waals surface area contributed by atoms with Gasteiger partial charge in [-0.15, -0.1) is 0 Å². The first-order valence-corrected chi connectivity index (χ1v) is 7.15. The number of carbonyl (C=O) groups is 1. The van der Waals surface area contributed by atoms with Crippen LogP contribution in [0.15, 0.2) is 36.4 Å². The Labute approximate surface area is 133 Å². The van der Waals surface area contributed by atoms with Gasteiger partial charge in [-0.1, -0.05) is 11.6 Å². The van der Waals surface area contributed by atoms with E-state index in [2.05, 4.69) is 10.6 Å². The lowest BCUT2D eigenvalue weighted by molar-refractivity contribution is 0.252. The van der Waals surface area contributed by atoms with E-state index in [9.17, 15) is 15.0 Å². The van der Waals surface area contributed by atoms with E-state index >= 15 is 0 Å². The summed E-state index contributed by atoms with van der Waals surface area (Å²) in [5.41, 5.74) is 2.37. The van der Waals surface area contributed by atoms with Crippen molar-refractivity contribution in [3.05, 3.63) is 52.5 Å². The largest absolute Gasteiger partial charge is 0.504 e. The second-order valence-corrected chi connectivity index (χ2v) is 5.34. The van der Waals surface area contributed by atoms with E-state index in [0.717, 1.165) is 11.1 Å². The molecule has 116 valence electrons. The molecule has 5 nitrogen and oxygen atoms in total. The fourth-order valence-corrected chi connectivity index (χ4v) is 2.14. The lowest BCUT2D eigenvalue weighted by Crippen LogP contribution is -2.30. The number of carbonyl (C=O) groups excluding carboxylic acids is 1. The molecule has 2 rings (SSSR count). The van der Waals surface area contributed by atoms with E-state index in [4.69, 9.17) is 11.6 Å². The number of aromatic hydroxyl groups is 2. The maximum atomic E-state index is 11.7.